The Morgan fingerprint density at radius 3 is 2.71 bits per heavy atom. The maximum Gasteiger partial charge on any atom is 0.341 e. The van der Waals surface area contributed by atoms with Crippen molar-refractivity contribution in [3.8, 4) is 0 Å². The van der Waals surface area contributed by atoms with Gasteiger partial charge in [0.2, 0.25) is 0 Å². The molecular weight excluding hydrogens is 202 g/mol. The third kappa shape index (κ3) is 2.04. The van der Waals surface area contributed by atoms with Crippen molar-refractivity contribution in [2.45, 2.75) is 19.8 Å². The van der Waals surface area contributed by atoms with Crippen LogP contribution in [-0.4, -0.2) is 18.1 Å². The SMILES string of the molecule is COC(=O)c1c(C(C)C)ccnc1Cl. The zero-order valence-corrected chi connectivity index (χ0v) is 9.13. The van der Waals surface area contributed by atoms with Gasteiger partial charge in [-0.15, -0.1) is 0 Å². The van der Waals surface area contributed by atoms with Gasteiger partial charge in [-0.2, -0.15) is 0 Å². The van der Waals surface area contributed by atoms with E-state index >= 15 is 0 Å². The predicted octanol–water partition coefficient (Wildman–Crippen LogP) is 2.65. The molecule has 1 aromatic rings. The van der Waals surface area contributed by atoms with Gasteiger partial charge in [0, 0.05) is 6.20 Å². The summed E-state index contributed by atoms with van der Waals surface area (Å²) in [5.41, 5.74) is 1.23. The maximum absolute atomic E-state index is 11.4. The van der Waals surface area contributed by atoms with Crippen LogP contribution in [0.4, 0.5) is 0 Å². The Hall–Kier alpha value is -1.09. The number of ether oxygens (including phenoxy) is 1. The number of rotatable bonds is 2. The van der Waals surface area contributed by atoms with Crippen LogP contribution in [0.5, 0.6) is 0 Å². The number of esters is 1. The molecular formula is C10H12ClNO2. The van der Waals surface area contributed by atoms with Crippen LogP contribution in [-0.2, 0) is 4.74 Å². The molecule has 0 spiro atoms. The lowest BCUT2D eigenvalue weighted by Crippen LogP contribution is -2.08. The minimum atomic E-state index is -0.438. The molecule has 0 atom stereocenters. The van der Waals surface area contributed by atoms with Crippen molar-refractivity contribution in [3.63, 3.8) is 0 Å². The molecule has 0 aliphatic rings. The van der Waals surface area contributed by atoms with E-state index < -0.39 is 5.97 Å². The summed E-state index contributed by atoms with van der Waals surface area (Å²) in [6.07, 6.45) is 1.59. The molecule has 1 aromatic heterocycles. The minimum Gasteiger partial charge on any atom is -0.465 e. The first-order valence-corrected chi connectivity index (χ1v) is 4.68. The van der Waals surface area contributed by atoms with E-state index in [0.717, 1.165) is 5.56 Å². The van der Waals surface area contributed by atoms with E-state index in [4.69, 9.17) is 11.6 Å². The van der Waals surface area contributed by atoms with Gasteiger partial charge in [-0.05, 0) is 17.5 Å². The topological polar surface area (TPSA) is 39.2 Å². The lowest BCUT2D eigenvalue weighted by Gasteiger charge is -2.11. The molecule has 0 saturated heterocycles. The minimum absolute atomic E-state index is 0.197. The summed E-state index contributed by atoms with van der Waals surface area (Å²) in [6, 6.07) is 1.78. The summed E-state index contributed by atoms with van der Waals surface area (Å²) >= 11 is 5.84. The van der Waals surface area contributed by atoms with Crippen molar-refractivity contribution in [1.82, 2.24) is 4.98 Å². The number of methoxy groups -OCH3 is 1. The molecule has 0 fully saturated rings. The van der Waals surface area contributed by atoms with E-state index in [1.54, 1.807) is 12.3 Å². The quantitative estimate of drug-likeness (QED) is 0.560. The molecule has 4 heteroatoms. The second kappa shape index (κ2) is 4.42. The molecule has 1 rings (SSSR count). The van der Waals surface area contributed by atoms with Gasteiger partial charge in [-0.25, -0.2) is 9.78 Å². The fourth-order valence-electron chi connectivity index (χ4n) is 1.24. The lowest BCUT2D eigenvalue weighted by molar-refractivity contribution is 0.0599. The average molecular weight is 214 g/mol. The van der Waals surface area contributed by atoms with Gasteiger partial charge in [0.05, 0.1) is 7.11 Å². The van der Waals surface area contributed by atoms with Crippen LogP contribution in [0.3, 0.4) is 0 Å². The normalized spacial score (nSPS) is 10.4. The highest BCUT2D eigenvalue weighted by molar-refractivity contribution is 6.32. The van der Waals surface area contributed by atoms with E-state index in [2.05, 4.69) is 9.72 Å². The Morgan fingerprint density at radius 2 is 2.21 bits per heavy atom. The Bertz CT molecular complexity index is 350. The molecule has 0 aliphatic heterocycles. The molecule has 0 amide bonds. The third-order valence-corrected chi connectivity index (χ3v) is 2.24. The van der Waals surface area contributed by atoms with Crippen LogP contribution in [0.2, 0.25) is 5.15 Å². The number of hydrogen-bond acceptors (Lipinski definition) is 3. The summed E-state index contributed by atoms with van der Waals surface area (Å²) < 4.78 is 4.64. The van der Waals surface area contributed by atoms with Crippen LogP contribution < -0.4 is 0 Å². The molecule has 3 nitrogen and oxygen atoms in total. The maximum atomic E-state index is 11.4. The first-order valence-electron chi connectivity index (χ1n) is 4.30. The second-order valence-corrected chi connectivity index (χ2v) is 3.57. The monoisotopic (exact) mass is 213 g/mol. The molecule has 1 heterocycles. The van der Waals surface area contributed by atoms with Crippen LogP contribution in [0, 0.1) is 0 Å². The van der Waals surface area contributed by atoms with Crippen molar-refractivity contribution in [3.05, 3.63) is 28.5 Å². The van der Waals surface area contributed by atoms with E-state index in [9.17, 15) is 4.79 Å². The molecule has 0 unspecified atom stereocenters. The van der Waals surface area contributed by atoms with Crippen molar-refractivity contribution in [2.75, 3.05) is 7.11 Å². The molecule has 76 valence electrons. The molecule has 0 saturated carbocycles. The molecule has 0 bridgehead atoms. The van der Waals surface area contributed by atoms with Crippen molar-refractivity contribution >= 4 is 17.6 Å². The van der Waals surface area contributed by atoms with Gasteiger partial charge < -0.3 is 4.74 Å². The van der Waals surface area contributed by atoms with E-state index in [1.165, 1.54) is 7.11 Å². The van der Waals surface area contributed by atoms with Crippen LogP contribution in [0.15, 0.2) is 12.3 Å². The fourth-order valence-corrected chi connectivity index (χ4v) is 1.48. The average Bonchev–Trinajstić information content (AvgIpc) is 2.16. The van der Waals surface area contributed by atoms with E-state index in [0.29, 0.717) is 5.56 Å². The number of aromatic nitrogens is 1. The zero-order chi connectivity index (χ0) is 10.7. The Balaban J connectivity index is 3.29. The van der Waals surface area contributed by atoms with Crippen molar-refractivity contribution < 1.29 is 9.53 Å². The highest BCUT2D eigenvalue weighted by atomic mass is 35.5. The second-order valence-electron chi connectivity index (χ2n) is 3.21. The van der Waals surface area contributed by atoms with Crippen molar-refractivity contribution in [1.29, 1.82) is 0 Å². The van der Waals surface area contributed by atoms with E-state index in [1.807, 2.05) is 13.8 Å². The van der Waals surface area contributed by atoms with Crippen LogP contribution >= 0.6 is 11.6 Å². The van der Waals surface area contributed by atoms with Gasteiger partial charge in [-0.1, -0.05) is 25.4 Å². The van der Waals surface area contributed by atoms with Gasteiger partial charge in [0.1, 0.15) is 10.7 Å². The van der Waals surface area contributed by atoms with Crippen LogP contribution in [0.25, 0.3) is 0 Å². The van der Waals surface area contributed by atoms with E-state index in [-0.39, 0.29) is 11.1 Å². The third-order valence-electron chi connectivity index (χ3n) is 1.95. The molecule has 14 heavy (non-hydrogen) atoms. The fraction of sp³-hybridized carbons (Fsp3) is 0.400. The number of carbonyl (C=O) groups excluding carboxylic acids is 1. The molecule has 0 N–H and O–H groups in total. The summed E-state index contributed by atoms with van der Waals surface area (Å²) in [6.45, 7) is 3.97. The first kappa shape index (κ1) is 11.0. The largest absolute Gasteiger partial charge is 0.465 e. The standard InChI is InChI=1S/C10H12ClNO2/c1-6(2)7-4-5-12-9(11)8(7)10(13)14-3/h4-6H,1-3H3. The number of halogens is 1. The lowest BCUT2D eigenvalue weighted by atomic mass is 9.99. The summed E-state index contributed by atoms with van der Waals surface area (Å²) in [5, 5.41) is 0.197. The van der Waals surface area contributed by atoms with Gasteiger partial charge in [-0.3, -0.25) is 0 Å². The molecule has 0 aromatic carbocycles. The predicted molar refractivity (Wildman–Crippen MR) is 54.7 cm³/mol. The summed E-state index contributed by atoms with van der Waals surface area (Å²) in [5.74, 6) is -0.226. The Morgan fingerprint density at radius 1 is 1.57 bits per heavy atom. The van der Waals surface area contributed by atoms with Gasteiger partial charge in [0.15, 0.2) is 0 Å². The first-order chi connectivity index (χ1) is 6.57. The van der Waals surface area contributed by atoms with Gasteiger partial charge >= 0.3 is 5.97 Å². The summed E-state index contributed by atoms with van der Waals surface area (Å²) in [7, 11) is 1.33. The number of hydrogen-bond donors (Lipinski definition) is 0. The zero-order valence-electron chi connectivity index (χ0n) is 8.37. The number of carbonyl (C=O) groups is 1. The van der Waals surface area contributed by atoms with Crippen LogP contribution in [0.1, 0.15) is 35.7 Å². The van der Waals surface area contributed by atoms with Crippen molar-refractivity contribution in [2.24, 2.45) is 0 Å². The molecule has 0 radical (unpaired) electrons. The highest BCUT2D eigenvalue weighted by Crippen LogP contribution is 2.24. The summed E-state index contributed by atoms with van der Waals surface area (Å²) in [4.78, 5) is 15.3. The Kier molecular flexibility index (Phi) is 3.47. The highest BCUT2D eigenvalue weighted by Gasteiger charge is 2.18. The van der Waals surface area contributed by atoms with Gasteiger partial charge in [0.25, 0.3) is 0 Å². The Labute approximate surface area is 88.1 Å². The molecule has 0 aliphatic carbocycles. The smallest absolute Gasteiger partial charge is 0.341 e. The number of pyridine rings is 1. The number of nitrogens with zero attached hydrogens (tertiary/aromatic N) is 1.